The molecule has 0 saturated heterocycles. The highest BCUT2D eigenvalue weighted by Gasteiger charge is 2.20. The van der Waals surface area contributed by atoms with Gasteiger partial charge in [-0.25, -0.2) is 0 Å². The molecule has 0 bridgehead atoms. The van der Waals surface area contributed by atoms with E-state index < -0.39 is 0 Å². The molecule has 112 valence electrons. The van der Waals surface area contributed by atoms with E-state index in [1.54, 1.807) is 7.11 Å². The maximum Gasteiger partial charge on any atom is 0.124 e. The highest BCUT2D eigenvalue weighted by atomic mass is 127. The van der Waals surface area contributed by atoms with Crippen molar-refractivity contribution < 1.29 is 4.74 Å². The summed E-state index contributed by atoms with van der Waals surface area (Å²) in [7, 11) is 1.69. The molecule has 0 radical (unpaired) electrons. The molecule has 2 aromatic carbocycles. The lowest BCUT2D eigenvalue weighted by molar-refractivity contribution is 0.403. The molecule has 2 rings (SSSR count). The van der Waals surface area contributed by atoms with Crippen LogP contribution in [0.2, 0.25) is 5.02 Å². The Bertz CT molecular complexity index is 603. The zero-order chi connectivity index (χ0) is 15.2. The molecule has 1 N–H and O–H groups in total. The van der Waals surface area contributed by atoms with E-state index in [1.165, 1.54) is 9.13 Å². The fourth-order valence-electron chi connectivity index (χ4n) is 2.32. The topological polar surface area (TPSA) is 21.3 Å². The number of rotatable bonds is 6. The van der Waals surface area contributed by atoms with Crippen molar-refractivity contribution in [2.45, 2.75) is 19.4 Å². The van der Waals surface area contributed by atoms with E-state index in [9.17, 15) is 0 Å². The third-order valence-corrected chi connectivity index (χ3v) is 4.53. The summed E-state index contributed by atoms with van der Waals surface area (Å²) in [5, 5.41) is 4.32. The van der Waals surface area contributed by atoms with Crippen LogP contribution in [0.5, 0.6) is 5.75 Å². The third-order valence-electron chi connectivity index (χ3n) is 3.32. The van der Waals surface area contributed by atoms with Crippen LogP contribution in [0.4, 0.5) is 0 Å². The van der Waals surface area contributed by atoms with Gasteiger partial charge >= 0.3 is 0 Å². The maximum atomic E-state index is 6.19. The van der Waals surface area contributed by atoms with Crippen LogP contribution >= 0.6 is 34.2 Å². The summed E-state index contributed by atoms with van der Waals surface area (Å²) < 4.78 is 6.75. The van der Waals surface area contributed by atoms with Crippen molar-refractivity contribution in [2.75, 3.05) is 13.7 Å². The molecule has 0 saturated carbocycles. The van der Waals surface area contributed by atoms with Gasteiger partial charge in [-0.2, -0.15) is 0 Å². The SMILES string of the molecule is CCCNC(c1ccccc1I)c1cc(Cl)ccc1OC. The zero-order valence-electron chi connectivity index (χ0n) is 12.2. The predicted molar refractivity (Wildman–Crippen MR) is 97.3 cm³/mol. The normalized spacial score (nSPS) is 12.2. The summed E-state index contributed by atoms with van der Waals surface area (Å²) in [4.78, 5) is 0. The maximum absolute atomic E-state index is 6.19. The van der Waals surface area contributed by atoms with Gasteiger partial charge in [-0.3, -0.25) is 0 Å². The highest BCUT2D eigenvalue weighted by Crippen LogP contribution is 2.34. The van der Waals surface area contributed by atoms with Gasteiger partial charge in [0.2, 0.25) is 0 Å². The molecule has 4 heteroatoms. The molecule has 0 heterocycles. The monoisotopic (exact) mass is 415 g/mol. The largest absolute Gasteiger partial charge is 0.496 e. The second-order valence-corrected chi connectivity index (χ2v) is 6.39. The molecule has 1 atom stereocenters. The van der Waals surface area contributed by atoms with E-state index in [1.807, 2.05) is 18.2 Å². The van der Waals surface area contributed by atoms with Crippen LogP contribution in [0.25, 0.3) is 0 Å². The second kappa shape index (κ2) is 8.01. The van der Waals surface area contributed by atoms with Gasteiger partial charge in [-0.1, -0.05) is 36.7 Å². The van der Waals surface area contributed by atoms with Gasteiger partial charge in [-0.05, 0) is 65.4 Å². The highest BCUT2D eigenvalue weighted by molar-refractivity contribution is 14.1. The summed E-state index contributed by atoms with van der Waals surface area (Å²) in [6, 6.07) is 14.2. The fraction of sp³-hybridized carbons (Fsp3) is 0.294. The Labute approximate surface area is 145 Å². The zero-order valence-corrected chi connectivity index (χ0v) is 15.1. The van der Waals surface area contributed by atoms with Gasteiger partial charge in [0, 0.05) is 14.2 Å². The van der Waals surface area contributed by atoms with E-state index in [-0.39, 0.29) is 6.04 Å². The molecule has 0 aliphatic rings. The van der Waals surface area contributed by atoms with Crippen LogP contribution in [-0.4, -0.2) is 13.7 Å². The van der Waals surface area contributed by atoms with Gasteiger partial charge in [0.15, 0.2) is 0 Å². The smallest absolute Gasteiger partial charge is 0.124 e. The Morgan fingerprint density at radius 3 is 2.62 bits per heavy atom. The van der Waals surface area contributed by atoms with Crippen LogP contribution < -0.4 is 10.1 Å². The van der Waals surface area contributed by atoms with Crippen molar-refractivity contribution in [3.05, 3.63) is 62.2 Å². The fourth-order valence-corrected chi connectivity index (χ4v) is 3.20. The molecule has 0 fully saturated rings. The number of benzene rings is 2. The van der Waals surface area contributed by atoms with Gasteiger partial charge in [0.05, 0.1) is 13.2 Å². The van der Waals surface area contributed by atoms with Crippen LogP contribution in [0.3, 0.4) is 0 Å². The molecule has 21 heavy (non-hydrogen) atoms. The van der Waals surface area contributed by atoms with Crippen LogP contribution in [0.1, 0.15) is 30.5 Å². The Hall–Kier alpha value is -0.780. The molecule has 0 aliphatic carbocycles. The number of nitrogens with one attached hydrogen (secondary N) is 1. The molecule has 1 unspecified atom stereocenters. The number of hydrogen-bond acceptors (Lipinski definition) is 2. The summed E-state index contributed by atoms with van der Waals surface area (Å²) >= 11 is 8.57. The average molecular weight is 416 g/mol. The first kappa shape index (κ1) is 16.6. The van der Waals surface area contributed by atoms with E-state index in [2.05, 4.69) is 59.1 Å². The molecule has 2 aromatic rings. The Morgan fingerprint density at radius 2 is 1.95 bits per heavy atom. The number of ether oxygens (including phenoxy) is 1. The Kier molecular flexibility index (Phi) is 6.33. The number of methoxy groups -OCH3 is 1. The Balaban J connectivity index is 2.50. The lowest BCUT2D eigenvalue weighted by Crippen LogP contribution is -2.24. The molecule has 0 aromatic heterocycles. The first-order valence-electron chi connectivity index (χ1n) is 6.98. The minimum atomic E-state index is 0.0756. The lowest BCUT2D eigenvalue weighted by atomic mass is 9.97. The number of halogens is 2. The first-order valence-corrected chi connectivity index (χ1v) is 8.44. The van der Waals surface area contributed by atoms with E-state index in [0.29, 0.717) is 0 Å². The van der Waals surface area contributed by atoms with Crippen LogP contribution in [-0.2, 0) is 0 Å². The molecule has 0 aliphatic heterocycles. The van der Waals surface area contributed by atoms with Crippen molar-refractivity contribution >= 4 is 34.2 Å². The van der Waals surface area contributed by atoms with Crippen molar-refractivity contribution in [3.63, 3.8) is 0 Å². The molecule has 0 amide bonds. The molecule has 0 spiro atoms. The predicted octanol–water partition coefficient (Wildman–Crippen LogP) is 5.04. The van der Waals surface area contributed by atoms with Crippen molar-refractivity contribution in [3.8, 4) is 5.75 Å². The van der Waals surface area contributed by atoms with Gasteiger partial charge in [0.1, 0.15) is 5.75 Å². The molecular weight excluding hydrogens is 397 g/mol. The first-order chi connectivity index (χ1) is 10.2. The van der Waals surface area contributed by atoms with Gasteiger partial charge < -0.3 is 10.1 Å². The van der Waals surface area contributed by atoms with Crippen molar-refractivity contribution in [1.29, 1.82) is 0 Å². The quantitative estimate of drug-likeness (QED) is 0.667. The minimum Gasteiger partial charge on any atom is -0.496 e. The summed E-state index contributed by atoms with van der Waals surface area (Å²) in [5.74, 6) is 0.854. The lowest BCUT2D eigenvalue weighted by Gasteiger charge is -2.23. The minimum absolute atomic E-state index is 0.0756. The summed E-state index contributed by atoms with van der Waals surface area (Å²) in [6.45, 7) is 3.10. The number of hydrogen-bond donors (Lipinski definition) is 1. The van der Waals surface area contributed by atoms with E-state index >= 15 is 0 Å². The molecular formula is C17H19ClINO. The Morgan fingerprint density at radius 1 is 1.19 bits per heavy atom. The summed E-state index contributed by atoms with van der Waals surface area (Å²) in [5.41, 5.74) is 2.31. The van der Waals surface area contributed by atoms with Crippen molar-refractivity contribution in [2.24, 2.45) is 0 Å². The van der Waals surface area contributed by atoms with Crippen LogP contribution in [0.15, 0.2) is 42.5 Å². The second-order valence-electron chi connectivity index (χ2n) is 4.79. The van der Waals surface area contributed by atoms with Crippen molar-refractivity contribution in [1.82, 2.24) is 5.32 Å². The summed E-state index contributed by atoms with van der Waals surface area (Å²) in [6.07, 6.45) is 1.07. The van der Waals surface area contributed by atoms with E-state index in [0.717, 1.165) is 29.3 Å². The third kappa shape index (κ3) is 4.11. The van der Waals surface area contributed by atoms with E-state index in [4.69, 9.17) is 16.3 Å². The van der Waals surface area contributed by atoms with Gasteiger partial charge in [-0.15, -0.1) is 0 Å². The average Bonchev–Trinajstić information content (AvgIpc) is 2.49. The van der Waals surface area contributed by atoms with Gasteiger partial charge in [0.25, 0.3) is 0 Å². The van der Waals surface area contributed by atoms with Crippen LogP contribution in [0, 0.1) is 3.57 Å². The molecule has 2 nitrogen and oxygen atoms in total. The standard InChI is InChI=1S/C17H19ClINO/c1-3-10-20-17(13-6-4-5-7-15(13)19)14-11-12(18)8-9-16(14)21-2/h4-9,11,17,20H,3,10H2,1-2H3.